The summed E-state index contributed by atoms with van der Waals surface area (Å²) in [6.07, 6.45) is -3.29. The molecular weight excluding hydrogens is 379 g/mol. The average Bonchev–Trinajstić information content (AvgIpc) is 2.50. The number of nitrogens with zero attached hydrogens (tertiary/aromatic N) is 1. The van der Waals surface area contributed by atoms with Crippen molar-refractivity contribution in [3.05, 3.63) is 52.5 Å². The third-order valence-electron chi connectivity index (χ3n) is 2.93. The first-order chi connectivity index (χ1) is 11.7. The SMILES string of the molecule is Oc1ccc(C=NNC(=S)Nc2cc(C(F)(F)F)ccc2Cl)c(O)c1. The molecule has 0 bridgehead atoms. The summed E-state index contributed by atoms with van der Waals surface area (Å²) in [6.45, 7) is 0. The summed E-state index contributed by atoms with van der Waals surface area (Å²) in [6, 6.07) is 6.67. The molecule has 10 heteroatoms. The molecule has 25 heavy (non-hydrogen) atoms. The number of phenolic OH excluding ortho intramolecular Hbond substituents is 2. The van der Waals surface area contributed by atoms with E-state index in [-0.39, 0.29) is 27.3 Å². The molecule has 0 heterocycles. The van der Waals surface area contributed by atoms with Gasteiger partial charge >= 0.3 is 6.18 Å². The van der Waals surface area contributed by atoms with E-state index in [0.29, 0.717) is 5.56 Å². The first-order valence-electron chi connectivity index (χ1n) is 6.65. The molecule has 132 valence electrons. The van der Waals surface area contributed by atoms with Gasteiger partial charge in [-0.1, -0.05) is 11.6 Å². The summed E-state index contributed by atoms with van der Waals surface area (Å²) < 4.78 is 38.1. The van der Waals surface area contributed by atoms with Gasteiger partial charge in [0.25, 0.3) is 0 Å². The molecule has 0 aromatic heterocycles. The van der Waals surface area contributed by atoms with E-state index in [1.54, 1.807) is 0 Å². The normalized spacial score (nSPS) is 11.5. The fourth-order valence-electron chi connectivity index (χ4n) is 1.75. The zero-order valence-corrected chi connectivity index (χ0v) is 13.9. The Balaban J connectivity index is 2.04. The minimum atomic E-state index is -4.51. The first-order valence-corrected chi connectivity index (χ1v) is 7.44. The van der Waals surface area contributed by atoms with Crippen LogP contribution in [0.3, 0.4) is 0 Å². The summed E-state index contributed by atoms with van der Waals surface area (Å²) in [5.74, 6) is -0.315. The number of nitrogens with one attached hydrogen (secondary N) is 2. The van der Waals surface area contributed by atoms with Crippen LogP contribution in [0.4, 0.5) is 18.9 Å². The topological polar surface area (TPSA) is 76.9 Å². The molecule has 0 saturated heterocycles. The predicted molar refractivity (Wildman–Crippen MR) is 93.2 cm³/mol. The minimum absolute atomic E-state index is 0.0309. The molecule has 0 aliphatic rings. The van der Waals surface area contributed by atoms with E-state index in [2.05, 4.69) is 15.8 Å². The molecule has 0 aliphatic carbocycles. The van der Waals surface area contributed by atoms with Crippen molar-refractivity contribution in [2.45, 2.75) is 6.18 Å². The van der Waals surface area contributed by atoms with Crippen molar-refractivity contribution in [2.75, 3.05) is 5.32 Å². The van der Waals surface area contributed by atoms with Crippen LogP contribution in [-0.4, -0.2) is 21.5 Å². The van der Waals surface area contributed by atoms with E-state index in [1.807, 2.05) is 0 Å². The van der Waals surface area contributed by atoms with E-state index in [4.69, 9.17) is 23.8 Å². The second-order valence-electron chi connectivity index (χ2n) is 4.76. The minimum Gasteiger partial charge on any atom is -0.508 e. The molecule has 0 aliphatic heterocycles. The van der Waals surface area contributed by atoms with Crippen LogP contribution < -0.4 is 10.7 Å². The van der Waals surface area contributed by atoms with E-state index < -0.39 is 11.7 Å². The molecule has 0 radical (unpaired) electrons. The number of aromatic hydroxyl groups is 2. The van der Waals surface area contributed by atoms with Gasteiger partial charge in [-0.05, 0) is 42.5 Å². The Bertz CT molecular complexity index is 828. The average molecular weight is 390 g/mol. The lowest BCUT2D eigenvalue weighted by atomic mass is 10.2. The van der Waals surface area contributed by atoms with Crippen LogP contribution in [-0.2, 0) is 6.18 Å². The largest absolute Gasteiger partial charge is 0.508 e. The zero-order valence-electron chi connectivity index (χ0n) is 12.3. The van der Waals surface area contributed by atoms with Crippen molar-refractivity contribution in [3.8, 4) is 11.5 Å². The number of anilines is 1. The quantitative estimate of drug-likeness (QED) is 0.361. The van der Waals surface area contributed by atoms with Gasteiger partial charge in [0.05, 0.1) is 22.5 Å². The van der Waals surface area contributed by atoms with Crippen LogP contribution in [0.5, 0.6) is 11.5 Å². The number of rotatable bonds is 3. The molecule has 2 rings (SSSR count). The number of alkyl halides is 3. The smallest absolute Gasteiger partial charge is 0.416 e. The predicted octanol–water partition coefficient (Wildman–Crippen LogP) is 4.09. The fourth-order valence-corrected chi connectivity index (χ4v) is 2.08. The molecule has 4 N–H and O–H groups in total. The molecule has 0 fully saturated rings. The molecule has 2 aromatic rings. The third kappa shape index (κ3) is 5.23. The maximum Gasteiger partial charge on any atom is 0.416 e. The van der Waals surface area contributed by atoms with Crippen LogP contribution in [0, 0.1) is 0 Å². The number of hydrogen-bond acceptors (Lipinski definition) is 4. The summed E-state index contributed by atoms with van der Waals surface area (Å²) >= 11 is 10.8. The Labute approximate surface area is 150 Å². The van der Waals surface area contributed by atoms with Crippen molar-refractivity contribution >= 4 is 40.8 Å². The van der Waals surface area contributed by atoms with Crippen molar-refractivity contribution in [1.29, 1.82) is 0 Å². The summed E-state index contributed by atoms with van der Waals surface area (Å²) in [5.41, 5.74) is 1.77. The highest BCUT2D eigenvalue weighted by atomic mass is 35.5. The maximum atomic E-state index is 12.7. The van der Waals surface area contributed by atoms with Gasteiger partial charge in [0.1, 0.15) is 11.5 Å². The van der Waals surface area contributed by atoms with Crippen molar-refractivity contribution in [2.24, 2.45) is 5.10 Å². The lowest BCUT2D eigenvalue weighted by Gasteiger charge is -2.12. The van der Waals surface area contributed by atoms with Crippen LogP contribution in [0.2, 0.25) is 5.02 Å². The van der Waals surface area contributed by atoms with Gasteiger partial charge in [-0.3, -0.25) is 5.43 Å². The van der Waals surface area contributed by atoms with Crippen LogP contribution in [0.15, 0.2) is 41.5 Å². The fraction of sp³-hybridized carbons (Fsp3) is 0.0667. The van der Waals surface area contributed by atoms with Gasteiger partial charge < -0.3 is 15.5 Å². The molecule has 2 aromatic carbocycles. The zero-order chi connectivity index (χ0) is 18.6. The number of phenols is 2. The Kier molecular flexibility index (Phi) is 5.70. The summed E-state index contributed by atoms with van der Waals surface area (Å²) in [7, 11) is 0. The Hall–Kier alpha value is -2.52. The molecule has 0 spiro atoms. The molecule has 0 amide bonds. The summed E-state index contributed by atoms with van der Waals surface area (Å²) in [5, 5.41) is 25.0. The van der Waals surface area contributed by atoms with E-state index in [0.717, 1.165) is 24.3 Å². The number of thiocarbonyl (C=S) groups is 1. The molecule has 0 saturated carbocycles. The highest BCUT2D eigenvalue weighted by Crippen LogP contribution is 2.33. The van der Waals surface area contributed by atoms with Gasteiger partial charge in [0.2, 0.25) is 0 Å². The van der Waals surface area contributed by atoms with E-state index >= 15 is 0 Å². The Morgan fingerprint density at radius 1 is 1.16 bits per heavy atom. The van der Waals surface area contributed by atoms with Crippen LogP contribution in [0.1, 0.15) is 11.1 Å². The molecule has 0 atom stereocenters. The van der Waals surface area contributed by atoms with Gasteiger partial charge in [-0.25, -0.2) is 0 Å². The molecule has 5 nitrogen and oxygen atoms in total. The van der Waals surface area contributed by atoms with Gasteiger partial charge in [-0.15, -0.1) is 0 Å². The van der Waals surface area contributed by atoms with Gasteiger partial charge in [-0.2, -0.15) is 18.3 Å². The van der Waals surface area contributed by atoms with Gasteiger partial charge in [0, 0.05) is 11.6 Å². The number of hydrazone groups is 1. The van der Waals surface area contributed by atoms with Crippen LogP contribution in [0.25, 0.3) is 0 Å². The number of hydrogen-bond donors (Lipinski definition) is 4. The van der Waals surface area contributed by atoms with E-state index in [9.17, 15) is 23.4 Å². The van der Waals surface area contributed by atoms with Crippen molar-refractivity contribution in [1.82, 2.24) is 5.43 Å². The maximum absolute atomic E-state index is 12.7. The standard InChI is InChI=1S/C15H11ClF3N3O2S/c16-11-4-2-9(15(17,18)19)5-12(11)21-14(25)22-20-7-8-1-3-10(23)6-13(8)24/h1-7,23-24H,(H2,21,22,25). The van der Waals surface area contributed by atoms with Gasteiger partial charge in [0.15, 0.2) is 5.11 Å². The lowest BCUT2D eigenvalue weighted by Crippen LogP contribution is -2.24. The van der Waals surface area contributed by atoms with Crippen molar-refractivity contribution in [3.63, 3.8) is 0 Å². The second kappa shape index (κ2) is 7.58. The monoisotopic (exact) mass is 389 g/mol. The summed E-state index contributed by atoms with van der Waals surface area (Å²) in [4.78, 5) is 0. The number of halogens is 4. The first kappa shape index (κ1) is 18.8. The molecule has 0 unspecified atom stereocenters. The highest BCUT2D eigenvalue weighted by Gasteiger charge is 2.31. The van der Waals surface area contributed by atoms with Crippen LogP contribution >= 0.6 is 23.8 Å². The third-order valence-corrected chi connectivity index (χ3v) is 3.45. The van der Waals surface area contributed by atoms with Crippen molar-refractivity contribution < 1.29 is 23.4 Å². The molecular formula is C15H11ClF3N3O2S. The second-order valence-corrected chi connectivity index (χ2v) is 5.58. The Morgan fingerprint density at radius 3 is 2.52 bits per heavy atom. The number of benzene rings is 2. The van der Waals surface area contributed by atoms with E-state index in [1.165, 1.54) is 18.3 Å². The highest BCUT2D eigenvalue weighted by molar-refractivity contribution is 7.80. The lowest BCUT2D eigenvalue weighted by molar-refractivity contribution is -0.137. The Morgan fingerprint density at radius 2 is 1.88 bits per heavy atom.